The van der Waals surface area contributed by atoms with E-state index in [2.05, 4.69) is 112 Å². The van der Waals surface area contributed by atoms with Gasteiger partial charge in [0.15, 0.2) is 5.69 Å². The lowest BCUT2D eigenvalue weighted by molar-refractivity contribution is 0.669. The van der Waals surface area contributed by atoms with Gasteiger partial charge in [-0.1, -0.05) is 91.0 Å². The summed E-state index contributed by atoms with van der Waals surface area (Å²) >= 11 is 0. The van der Waals surface area contributed by atoms with Gasteiger partial charge in [0, 0.05) is 28.7 Å². The Labute approximate surface area is 281 Å². The molecule has 0 saturated carbocycles. The normalized spacial score (nSPS) is 11.2. The summed E-state index contributed by atoms with van der Waals surface area (Å²) in [5.74, 6) is 0. The van der Waals surface area contributed by atoms with Crippen LogP contribution in [0.5, 0.6) is 0 Å². The minimum Gasteiger partial charge on any atom is -0.456 e. The van der Waals surface area contributed by atoms with Gasteiger partial charge in [-0.2, -0.15) is 5.26 Å². The van der Waals surface area contributed by atoms with Crippen molar-refractivity contribution in [1.82, 2.24) is 9.97 Å². The van der Waals surface area contributed by atoms with E-state index in [1.54, 1.807) is 24.5 Å². The highest BCUT2D eigenvalue weighted by Crippen LogP contribution is 2.46. The fraction of sp³-hybridized carbons (Fsp3) is 0. The molecule has 9 aromatic rings. The quantitative estimate of drug-likeness (QED) is 0.144. The highest BCUT2D eigenvalue weighted by Gasteiger charge is 2.20. The number of rotatable bonds is 4. The van der Waals surface area contributed by atoms with E-state index < -0.39 is 0 Å². The van der Waals surface area contributed by atoms with Gasteiger partial charge in [-0.05, 0) is 91.8 Å². The molecule has 0 N–H and O–H groups in total. The van der Waals surface area contributed by atoms with Crippen molar-refractivity contribution in [3.05, 3.63) is 163 Å². The molecule has 49 heavy (non-hydrogen) atoms. The zero-order valence-electron chi connectivity index (χ0n) is 26.1. The molecule has 0 saturated heterocycles. The summed E-state index contributed by atoms with van der Waals surface area (Å²) in [7, 11) is 0. The zero-order chi connectivity index (χ0) is 32.9. The maximum absolute atomic E-state index is 9.42. The molecule has 0 aliphatic carbocycles. The fourth-order valence-electron chi connectivity index (χ4n) is 6.94. The number of nitrogens with zero attached hydrogens (tertiary/aromatic N) is 4. The number of furan rings is 1. The second-order valence-corrected chi connectivity index (χ2v) is 12.0. The molecule has 226 valence electrons. The number of hydrogen-bond donors (Lipinski definition) is 0. The van der Waals surface area contributed by atoms with Crippen LogP contribution in [0.3, 0.4) is 0 Å². The Bertz CT molecular complexity index is 2840. The van der Waals surface area contributed by atoms with Crippen LogP contribution < -0.4 is 0 Å². The van der Waals surface area contributed by atoms with E-state index in [4.69, 9.17) is 11.0 Å². The van der Waals surface area contributed by atoms with Gasteiger partial charge in [0.25, 0.3) is 0 Å². The minimum atomic E-state index is 0.568. The van der Waals surface area contributed by atoms with Gasteiger partial charge >= 0.3 is 0 Å². The largest absolute Gasteiger partial charge is 0.456 e. The topological polar surface area (TPSA) is 67.1 Å². The van der Waals surface area contributed by atoms with E-state index in [0.717, 1.165) is 88.3 Å². The number of nitriles is 1. The highest BCUT2D eigenvalue weighted by atomic mass is 16.3. The molecule has 0 bridgehead atoms. The van der Waals surface area contributed by atoms with Gasteiger partial charge in [-0.3, -0.25) is 9.97 Å². The van der Waals surface area contributed by atoms with Gasteiger partial charge in [0.05, 0.1) is 29.6 Å². The lowest BCUT2D eigenvalue weighted by atomic mass is 9.85. The Morgan fingerprint density at radius 3 is 1.69 bits per heavy atom. The van der Waals surface area contributed by atoms with Crippen molar-refractivity contribution >= 4 is 49.2 Å². The van der Waals surface area contributed by atoms with Crippen LogP contribution in [0.15, 0.2) is 150 Å². The third-order valence-corrected chi connectivity index (χ3v) is 9.22. The third-order valence-electron chi connectivity index (χ3n) is 9.22. The molecule has 5 heteroatoms. The summed E-state index contributed by atoms with van der Waals surface area (Å²) in [5, 5.41) is 16.1. The van der Waals surface area contributed by atoms with E-state index in [1.165, 1.54) is 0 Å². The predicted molar refractivity (Wildman–Crippen MR) is 197 cm³/mol. The first-order valence-corrected chi connectivity index (χ1v) is 15.9. The second-order valence-electron chi connectivity index (χ2n) is 12.0. The Kier molecular flexibility index (Phi) is 6.50. The smallest absolute Gasteiger partial charge is 0.190 e. The summed E-state index contributed by atoms with van der Waals surface area (Å²) in [6.45, 7) is 7.42. The number of pyridine rings is 2. The Hall–Kier alpha value is -7.08. The molecule has 3 heterocycles. The Morgan fingerprint density at radius 1 is 0.510 bits per heavy atom. The Balaban J connectivity index is 1.31. The summed E-state index contributed by atoms with van der Waals surface area (Å²) in [5.41, 5.74) is 10.7. The first-order valence-electron chi connectivity index (χ1n) is 15.9. The number of hydrogen-bond acceptors (Lipinski definition) is 4. The molecule has 9 rings (SSSR count). The van der Waals surface area contributed by atoms with Crippen molar-refractivity contribution in [2.24, 2.45) is 0 Å². The fourth-order valence-corrected chi connectivity index (χ4v) is 6.94. The van der Waals surface area contributed by atoms with Crippen LogP contribution in [0.25, 0.3) is 93.1 Å². The van der Waals surface area contributed by atoms with Crippen molar-refractivity contribution in [3.8, 4) is 50.8 Å². The van der Waals surface area contributed by atoms with Crippen molar-refractivity contribution < 1.29 is 4.42 Å². The van der Waals surface area contributed by atoms with Crippen LogP contribution in [0.1, 0.15) is 5.56 Å². The first-order chi connectivity index (χ1) is 24.2. The Morgan fingerprint density at radius 2 is 1.06 bits per heavy atom. The predicted octanol–water partition coefficient (Wildman–Crippen LogP) is 11.8. The van der Waals surface area contributed by atoms with Gasteiger partial charge < -0.3 is 4.42 Å². The summed E-state index contributed by atoms with van der Waals surface area (Å²) in [4.78, 5) is 12.6. The number of aromatic nitrogens is 2. The van der Waals surface area contributed by atoms with E-state index in [1.807, 2.05) is 30.3 Å². The van der Waals surface area contributed by atoms with Gasteiger partial charge in [0.2, 0.25) is 0 Å². The van der Waals surface area contributed by atoms with Crippen LogP contribution in [0.2, 0.25) is 0 Å². The van der Waals surface area contributed by atoms with E-state index in [9.17, 15) is 5.26 Å². The van der Waals surface area contributed by atoms with Crippen LogP contribution in [-0.4, -0.2) is 9.97 Å². The molecule has 0 spiro atoms. The maximum atomic E-state index is 9.42. The van der Waals surface area contributed by atoms with Gasteiger partial charge in [-0.15, -0.1) is 0 Å². The molecule has 0 aliphatic heterocycles. The van der Waals surface area contributed by atoms with Crippen molar-refractivity contribution in [2.75, 3.05) is 0 Å². The van der Waals surface area contributed by atoms with E-state index >= 15 is 0 Å². The molecule has 0 aliphatic rings. The van der Waals surface area contributed by atoms with Crippen molar-refractivity contribution in [2.45, 2.75) is 0 Å². The number of para-hydroxylation sites is 1. The standard InChI is InChI=1S/C44H24N4O/c1-46-32-19-21-48-40(23-32)29-12-16-30(17-13-29)43-34-7-2-3-8-35(34)44(31-14-10-28(11-15-31)39-22-27(26-45)18-20-47-39)38-25-42-36(24-37(38)43)33-6-4-5-9-41(33)49-42/h2-25H. The molecule has 0 fully saturated rings. The lowest BCUT2D eigenvalue weighted by Crippen LogP contribution is -1.92. The number of benzene rings is 6. The summed E-state index contributed by atoms with van der Waals surface area (Å²) in [6, 6.07) is 47.4. The SMILES string of the molecule is [C-]#[N+]c1ccnc(-c2ccc(-c3c4ccccc4c(-c4ccc(-c5cc(C#N)ccn5)cc4)c4cc5oc6ccccc6c5cc34)cc2)c1. The molecular formula is C44H24N4O. The van der Waals surface area contributed by atoms with Crippen molar-refractivity contribution in [3.63, 3.8) is 0 Å². The van der Waals surface area contributed by atoms with E-state index in [0.29, 0.717) is 11.3 Å². The summed E-state index contributed by atoms with van der Waals surface area (Å²) < 4.78 is 6.43. The molecule has 0 radical (unpaired) electrons. The highest BCUT2D eigenvalue weighted by molar-refractivity contribution is 6.25. The molecule has 0 amide bonds. The van der Waals surface area contributed by atoms with Crippen LogP contribution in [-0.2, 0) is 0 Å². The molecule has 6 aromatic carbocycles. The van der Waals surface area contributed by atoms with Crippen LogP contribution in [0.4, 0.5) is 5.69 Å². The average molecular weight is 625 g/mol. The minimum absolute atomic E-state index is 0.568. The van der Waals surface area contributed by atoms with Gasteiger partial charge in [-0.25, -0.2) is 4.85 Å². The zero-order valence-corrected chi connectivity index (χ0v) is 26.1. The van der Waals surface area contributed by atoms with Crippen molar-refractivity contribution in [1.29, 1.82) is 5.26 Å². The average Bonchev–Trinajstić information content (AvgIpc) is 3.54. The molecule has 3 aromatic heterocycles. The second kappa shape index (κ2) is 11.3. The molecular weight excluding hydrogens is 601 g/mol. The summed E-state index contributed by atoms with van der Waals surface area (Å²) in [6.07, 6.45) is 3.36. The molecule has 0 atom stereocenters. The van der Waals surface area contributed by atoms with Gasteiger partial charge in [0.1, 0.15) is 11.2 Å². The van der Waals surface area contributed by atoms with Crippen LogP contribution >= 0.6 is 0 Å². The third kappa shape index (κ3) is 4.69. The maximum Gasteiger partial charge on any atom is 0.190 e. The molecule has 5 nitrogen and oxygen atoms in total. The van der Waals surface area contributed by atoms with E-state index in [-0.39, 0.29) is 0 Å². The molecule has 0 unspecified atom stereocenters. The number of fused-ring (bicyclic) bond motifs is 5. The monoisotopic (exact) mass is 624 g/mol. The van der Waals surface area contributed by atoms with Crippen LogP contribution in [0, 0.1) is 17.9 Å². The lowest BCUT2D eigenvalue weighted by Gasteiger charge is -2.18. The first kappa shape index (κ1) is 28.2.